The lowest BCUT2D eigenvalue weighted by Gasteiger charge is -2.32. The monoisotopic (exact) mass is 475 g/mol. The van der Waals surface area contributed by atoms with Crippen molar-refractivity contribution in [1.29, 1.82) is 0 Å². The molecule has 1 saturated heterocycles. The molecule has 0 bridgehead atoms. The number of nitrogens with zero attached hydrogens (tertiary/aromatic N) is 1. The largest absolute Gasteiger partial charge is 0.482 e. The molecule has 2 amide bonds. The number of hydrogen-bond donors (Lipinski definition) is 2. The van der Waals surface area contributed by atoms with Gasteiger partial charge in [0.25, 0.3) is 5.91 Å². The van der Waals surface area contributed by atoms with Crippen molar-refractivity contribution in [2.45, 2.75) is 29.6 Å². The van der Waals surface area contributed by atoms with Crippen LogP contribution in [0.2, 0.25) is 0 Å². The van der Waals surface area contributed by atoms with Crippen molar-refractivity contribution in [2.24, 2.45) is 5.92 Å². The fourth-order valence-electron chi connectivity index (χ4n) is 3.95. The van der Waals surface area contributed by atoms with Gasteiger partial charge in [-0.05, 0) is 55.9 Å². The molecule has 0 saturated carbocycles. The zero-order valence-electron chi connectivity index (χ0n) is 17.9. The van der Waals surface area contributed by atoms with E-state index in [0.29, 0.717) is 42.1 Å². The molecule has 2 heterocycles. The first-order valence-electron chi connectivity index (χ1n) is 10.3. The minimum atomic E-state index is -3.83. The summed E-state index contributed by atoms with van der Waals surface area (Å²) in [6, 6.07) is 10.6. The molecule has 2 aromatic rings. The highest BCUT2D eigenvalue weighted by Crippen LogP contribution is 2.35. The third kappa shape index (κ3) is 4.62. The maximum atomic E-state index is 13.4. The number of piperidine rings is 1. The SMILES string of the molecule is CSc1cccc(NC(=O)[C@H]2CCCN(S(=O)(=O)c3cc4c(cc3C)NC(=O)CO4)C2)c1. The maximum Gasteiger partial charge on any atom is 0.262 e. The first-order valence-corrected chi connectivity index (χ1v) is 13.0. The van der Waals surface area contributed by atoms with Gasteiger partial charge in [-0.25, -0.2) is 8.42 Å². The third-order valence-corrected chi connectivity index (χ3v) is 8.35. The van der Waals surface area contributed by atoms with E-state index in [1.807, 2.05) is 30.5 Å². The van der Waals surface area contributed by atoms with Crippen LogP contribution in [0.25, 0.3) is 0 Å². The van der Waals surface area contributed by atoms with Gasteiger partial charge in [-0.2, -0.15) is 4.31 Å². The van der Waals surface area contributed by atoms with Gasteiger partial charge < -0.3 is 15.4 Å². The van der Waals surface area contributed by atoms with Crippen molar-refractivity contribution in [3.05, 3.63) is 42.0 Å². The number of hydrogen-bond acceptors (Lipinski definition) is 6. The Bertz CT molecular complexity index is 1170. The second-order valence-corrected chi connectivity index (χ2v) is 10.7. The number of sulfonamides is 1. The smallest absolute Gasteiger partial charge is 0.262 e. The molecule has 32 heavy (non-hydrogen) atoms. The predicted octanol–water partition coefficient (Wildman–Crippen LogP) is 3.09. The number of amides is 2. The summed E-state index contributed by atoms with van der Waals surface area (Å²) in [7, 11) is -3.83. The van der Waals surface area contributed by atoms with Crippen LogP contribution in [0.5, 0.6) is 5.75 Å². The van der Waals surface area contributed by atoms with E-state index in [2.05, 4.69) is 10.6 Å². The summed E-state index contributed by atoms with van der Waals surface area (Å²) in [6.45, 7) is 1.99. The Kier molecular flexibility index (Phi) is 6.45. The van der Waals surface area contributed by atoms with Crippen LogP contribution in [0.3, 0.4) is 0 Å². The summed E-state index contributed by atoms with van der Waals surface area (Å²) in [6.07, 6.45) is 3.18. The number of rotatable bonds is 5. The molecule has 2 aliphatic rings. The van der Waals surface area contributed by atoms with Crippen molar-refractivity contribution in [3.63, 3.8) is 0 Å². The molecular weight excluding hydrogens is 450 g/mol. The maximum absolute atomic E-state index is 13.4. The Morgan fingerprint density at radius 1 is 1.28 bits per heavy atom. The lowest BCUT2D eigenvalue weighted by atomic mass is 9.99. The van der Waals surface area contributed by atoms with Gasteiger partial charge >= 0.3 is 0 Å². The molecule has 0 radical (unpaired) electrons. The number of fused-ring (bicyclic) bond motifs is 1. The quantitative estimate of drug-likeness (QED) is 0.644. The third-order valence-electron chi connectivity index (χ3n) is 5.62. The normalized spacial score (nSPS) is 18.9. The van der Waals surface area contributed by atoms with Crippen LogP contribution in [-0.2, 0) is 19.6 Å². The second kappa shape index (κ2) is 9.13. The van der Waals surface area contributed by atoms with Crippen LogP contribution in [0.4, 0.5) is 11.4 Å². The fraction of sp³-hybridized carbons (Fsp3) is 0.364. The summed E-state index contributed by atoms with van der Waals surface area (Å²) in [5, 5.41) is 5.61. The van der Waals surface area contributed by atoms with E-state index in [-0.39, 0.29) is 29.9 Å². The highest BCUT2D eigenvalue weighted by Gasteiger charge is 2.35. The number of anilines is 2. The minimum absolute atomic E-state index is 0.116. The molecule has 10 heteroatoms. The number of thioether (sulfide) groups is 1. The molecule has 0 unspecified atom stereocenters. The molecule has 0 aromatic heterocycles. The van der Waals surface area contributed by atoms with Crippen LogP contribution in [0.15, 0.2) is 46.2 Å². The van der Waals surface area contributed by atoms with Gasteiger partial charge in [0.15, 0.2) is 6.61 Å². The average Bonchev–Trinajstić information content (AvgIpc) is 2.78. The molecule has 0 aliphatic carbocycles. The molecule has 2 N–H and O–H groups in total. The van der Waals surface area contributed by atoms with Gasteiger partial charge in [0.1, 0.15) is 5.75 Å². The summed E-state index contributed by atoms with van der Waals surface area (Å²) < 4.78 is 33.6. The van der Waals surface area contributed by atoms with Crippen molar-refractivity contribution < 1.29 is 22.7 Å². The Morgan fingerprint density at radius 2 is 2.09 bits per heavy atom. The molecule has 2 aliphatic heterocycles. The van der Waals surface area contributed by atoms with E-state index in [4.69, 9.17) is 4.74 Å². The number of carbonyl (C=O) groups is 2. The Morgan fingerprint density at radius 3 is 2.88 bits per heavy atom. The minimum Gasteiger partial charge on any atom is -0.482 e. The van der Waals surface area contributed by atoms with Crippen LogP contribution in [0, 0.1) is 12.8 Å². The topological polar surface area (TPSA) is 105 Å². The number of benzene rings is 2. The van der Waals surface area contributed by atoms with Crippen LogP contribution >= 0.6 is 11.8 Å². The lowest BCUT2D eigenvalue weighted by Crippen LogP contribution is -2.43. The number of ether oxygens (including phenoxy) is 1. The summed E-state index contributed by atoms with van der Waals surface area (Å²) in [4.78, 5) is 25.6. The van der Waals surface area contributed by atoms with Gasteiger partial charge in [0.05, 0.1) is 16.5 Å². The number of carbonyl (C=O) groups excluding carboxylic acids is 2. The summed E-state index contributed by atoms with van der Waals surface area (Å²) in [5.41, 5.74) is 1.67. The average molecular weight is 476 g/mol. The molecule has 0 spiro atoms. The van der Waals surface area contributed by atoms with Crippen LogP contribution in [0.1, 0.15) is 18.4 Å². The molecule has 2 aromatic carbocycles. The van der Waals surface area contributed by atoms with Crippen molar-refractivity contribution in [2.75, 3.05) is 36.6 Å². The standard InChI is InChI=1S/C22H25N3O5S2/c1-14-9-18-19(30-13-21(26)24-18)11-20(14)32(28,29)25-8-4-5-15(12-25)22(27)23-16-6-3-7-17(10-16)31-2/h3,6-7,9-11,15H,4-5,8,12-13H2,1-2H3,(H,23,27)(H,24,26)/t15-/m0/s1. The van der Waals surface area contributed by atoms with E-state index in [9.17, 15) is 18.0 Å². The predicted molar refractivity (Wildman–Crippen MR) is 124 cm³/mol. The highest BCUT2D eigenvalue weighted by atomic mass is 32.2. The number of nitrogens with one attached hydrogen (secondary N) is 2. The highest BCUT2D eigenvalue weighted by molar-refractivity contribution is 7.98. The van der Waals surface area contributed by atoms with Gasteiger partial charge in [0.2, 0.25) is 15.9 Å². The van der Waals surface area contributed by atoms with Gasteiger partial charge in [0, 0.05) is 29.7 Å². The zero-order chi connectivity index (χ0) is 22.9. The first kappa shape index (κ1) is 22.6. The summed E-state index contributed by atoms with van der Waals surface area (Å²) >= 11 is 1.59. The molecule has 4 rings (SSSR count). The fourth-order valence-corrected chi connectivity index (χ4v) is 6.16. The van der Waals surface area contributed by atoms with Gasteiger partial charge in [-0.15, -0.1) is 11.8 Å². The summed E-state index contributed by atoms with van der Waals surface area (Å²) in [5.74, 6) is -0.574. The lowest BCUT2D eigenvalue weighted by molar-refractivity contribution is -0.121. The molecule has 1 atom stereocenters. The van der Waals surface area contributed by atoms with Gasteiger partial charge in [-0.1, -0.05) is 6.07 Å². The molecule has 8 nitrogen and oxygen atoms in total. The van der Waals surface area contributed by atoms with E-state index in [0.717, 1.165) is 4.90 Å². The van der Waals surface area contributed by atoms with E-state index in [1.165, 1.54) is 10.4 Å². The van der Waals surface area contributed by atoms with E-state index in [1.54, 1.807) is 24.8 Å². The Hall–Kier alpha value is -2.56. The van der Waals surface area contributed by atoms with E-state index < -0.39 is 15.9 Å². The van der Waals surface area contributed by atoms with Crippen molar-refractivity contribution >= 4 is 45.0 Å². The second-order valence-electron chi connectivity index (χ2n) is 7.87. The van der Waals surface area contributed by atoms with Crippen LogP contribution in [-0.4, -0.2) is 50.5 Å². The molecule has 1 fully saturated rings. The molecular formula is C22H25N3O5S2. The number of aryl methyl sites for hydroxylation is 1. The van der Waals surface area contributed by atoms with Crippen molar-refractivity contribution in [3.8, 4) is 5.75 Å². The Balaban J connectivity index is 1.52. The Labute approximate surface area is 191 Å². The molecule has 170 valence electrons. The van der Waals surface area contributed by atoms with Crippen molar-refractivity contribution in [1.82, 2.24) is 4.31 Å². The first-order chi connectivity index (χ1) is 15.3. The van der Waals surface area contributed by atoms with E-state index >= 15 is 0 Å². The van der Waals surface area contributed by atoms with Crippen LogP contribution < -0.4 is 15.4 Å². The van der Waals surface area contributed by atoms with Gasteiger partial charge in [-0.3, -0.25) is 9.59 Å². The zero-order valence-corrected chi connectivity index (χ0v) is 19.5.